The average molecular weight is 172 g/mol. The Balaban J connectivity index is 2.51. The number of nitrogens with two attached hydrogens (primary N) is 1. The fourth-order valence-corrected chi connectivity index (χ4v) is 1.38. The van der Waals surface area contributed by atoms with Crippen molar-refractivity contribution in [3.05, 3.63) is 0 Å². The number of carboxylic acid groups (broad SMARTS) is 1. The first-order chi connectivity index (χ1) is 5.61. The minimum atomic E-state index is -0.971. The van der Waals surface area contributed by atoms with Crippen molar-refractivity contribution in [2.75, 3.05) is 13.1 Å². The molecule has 2 amide bonds. The minimum absolute atomic E-state index is 0.255. The maximum absolute atomic E-state index is 10.7. The van der Waals surface area contributed by atoms with Crippen LogP contribution in [0.3, 0.4) is 0 Å². The van der Waals surface area contributed by atoms with Crippen LogP contribution in [-0.4, -0.2) is 35.1 Å². The molecule has 5 nitrogen and oxygen atoms in total. The van der Waals surface area contributed by atoms with E-state index in [1.165, 1.54) is 4.90 Å². The van der Waals surface area contributed by atoms with Gasteiger partial charge in [0, 0.05) is 13.1 Å². The van der Waals surface area contributed by atoms with Crippen molar-refractivity contribution in [1.29, 1.82) is 0 Å². The molecular formula is C7H12N2O3. The van der Waals surface area contributed by atoms with Gasteiger partial charge in [0.05, 0.1) is 5.92 Å². The van der Waals surface area contributed by atoms with Crippen LogP contribution in [-0.2, 0) is 4.79 Å². The van der Waals surface area contributed by atoms with E-state index in [9.17, 15) is 9.59 Å². The predicted molar refractivity (Wildman–Crippen MR) is 41.5 cm³/mol. The first-order valence-corrected chi connectivity index (χ1v) is 3.88. The van der Waals surface area contributed by atoms with Gasteiger partial charge < -0.3 is 15.7 Å². The number of carbonyl (C=O) groups is 2. The van der Waals surface area contributed by atoms with Gasteiger partial charge >= 0.3 is 6.09 Å². The zero-order valence-corrected chi connectivity index (χ0v) is 6.69. The predicted octanol–water partition coefficient (Wildman–Crippen LogP) is -0.138. The molecule has 1 saturated heterocycles. The van der Waals surface area contributed by atoms with Crippen LogP contribution < -0.4 is 5.73 Å². The SMILES string of the molecule is NC(=O)C1CCCN(C(=O)O)C1. The molecular weight excluding hydrogens is 160 g/mol. The third-order valence-electron chi connectivity index (χ3n) is 2.09. The Morgan fingerprint density at radius 1 is 1.50 bits per heavy atom. The van der Waals surface area contributed by atoms with Crippen LogP contribution in [0.15, 0.2) is 0 Å². The molecule has 0 saturated carbocycles. The first-order valence-electron chi connectivity index (χ1n) is 3.88. The summed E-state index contributed by atoms with van der Waals surface area (Å²) in [5, 5.41) is 8.61. The van der Waals surface area contributed by atoms with Crippen molar-refractivity contribution in [3.8, 4) is 0 Å². The number of hydrogen-bond donors (Lipinski definition) is 2. The Kier molecular flexibility index (Phi) is 2.52. The van der Waals surface area contributed by atoms with Crippen molar-refractivity contribution in [2.45, 2.75) is 12.8 Å². The number of amides is 2. The number of hydrogen-bond acceptors (Lipinski definition) is 2. The highest BCUT2D eigenvalue weighted by atomic mass is 16.4. The standard InChI is InChI=1S/C7H12N2O3/c8-6(10)5-2-1-3-9(4-5)7(11)12/h5H,1-4H2,(H2,8,10)(H,11,12). The molecule has 12 heavy (non-hydrogen) atoms. The largest absolute Gasteiger partial charge is 0.465 e. The molecule has 1 heterocycles. The van der Waals surface area contributed by atoms with Crippen molar-refractivity contribution < 1.29 is 14.7 Å². The van der Waals surface area contributed by atoms with Gasteiger partial charge in [-0.1, -0.05) is 0 Å². The van der Waals surface area contributed by atoms with Crippen LogP contribution >= 0.6 is 0 Å². The Bertz CT molecular complexity index is 185. The fraction of sp³-hybridized carbons (Fsp3) is 0.714. The normalized spacial score (nSPS) is 23.7. The Labute approximate surface area is 70.1 Å². The van der Waals surface area contributed by atoms with E-state index in [4.69, 9.17) is 10.8 Å². The van der Waals surface area contributed by atoms with Gasteiger partial charge in [-0.2, -0.15) is 0 Å². The maximum Gasteiger partial charge on any atom is 0.407 e. The van der Waals surface area contributed by atoms with Crippen LogP contribution in [0.25, 0.3) is 0 Å². The highest BCUT2D eigenvalue weighted by Crippen LogP contribution is 2.15. The summed E-state index contributed by atoms with van der Waals surface area (Å²) in [7, 11) is 0. The smallest absolute Gasteiger partial charge is 0.407 e. The van der Waals surface area contributed by atoms with Crippen LogP contribution in [0.5, 0.6) is 0 Å². The summed E-state index contributed by atoms with van der Waals surface area (Å²) in [6.07, 6.45) is 0.458. The first kappa shape index (κ1) is 8.83. The zero-order valence-electron chi connectivity index (χ0n) is 6.69. The van der Waals surface area contributed by atoms with E-state index in [1.807, 2.05) is 0 Å². The fourth-order valence-electron chi connectivity index (χ4n) is 1.38. The summed E-state index contributed by atoms with van der Waals surface area (Å²) in [5.41, 5.74) is 5.07. The lowest BCUT2D eigenvalue weighted by molar-refractivity contribution is -0.123. The maximum atomic E-state index is 10.7. The van der Waals surface area contributed by atoms with Gasteiger partial charge in [-0.15, -0.1) is 0 Å². The molecule has 1 fully saturated rings. The molecule has 68 valence electrons. The monoisotopic (exact) mass is 172 g/mol. The van der Waals surface area contributed by atoms with E-state index in [-0.39, 0.29) is 12.5 Å². The van der Waals surface area contributed by atoms with Crippen LogP contribution in [0, 0.1) is 5.92 Å². The van der Waals surface area contributed by atoms with E-state index < -0.39 is 12.0 Å². The van der Waals surface area contributed by atoms with Gasteiger partial charge in [-0.05, 0) is 12.8 Å². The lowest BCUT2D eigenvalue weighted by Gasteiger charge is -2.28. The van der Waals surface area contributed by atoms with Crippen molar-refractivity contribution in [2.24, 2.45) is 11.7 Å². The zero-order chi connectivity index (χ0) is 9.14. The molecule has 3 N–H and O–H groups in total. The minimum Gasteiger partial charge on any atom is -0.465 e. The number of nitrogens with zero attached hydrogens (tertiary/aromatic N) is 1. The molecule has 0 bridgehead atoms. The lowest BCUT2D eigenvalue weighted by atomic mass is 9.98. The third-order valence-corrected chi connectivity index (χ3v) is 2.09. The average Bonchev–Trinajstić information content (AvgIpc) is 2.04. The van der Waals surface area contributed by atoms with Crippen molar-refractivity contribution in [1.82, 2.24) is 4.90 Å². The van der Waals surface area contributed by atoms with Crippen LogP contribution in [0.1, 0.15) is 12.8 Å². The number of likely N-dealkylation sites (tertiary alicyclic amines) is 1. The molecule has 1 rings (SSSR count). The van der Waals surface area contributed by atoms with Gasteiger partial charge in [0.1, 0.15) is 0 Å². The summed E-state index contributed by atoms with van der Waals surface area (Å²) in [5.74, 6) is -0.698. The molecule has 1 atom stereocenters. The molecule has 0 aromatic rings. The highest BCUT2D eigenvalue weighted by molar-refractivity contribution is 5.77. The summed E-state index contributed by atoms with van der Waals surface area (Å²) in [4.78, 5) is 22.5. The number of primary amides is 1. The molecule has 0 aliphatic carbocycles. The van der Waals surface area contributed by atoms with Gasteiger partial charge in [0.15, 0.2) is 0 Å². The summed E-state index contributed by atoms with van der Waals surface area (Å²) >= 11 is 0. The van der Waals surface area contributed by atoms with Gasteiger partial charge in [-0.3, -0.25) is 4.79 Å². The topological polar surface area (TPSA) is 83.6 Å². The molecule has 0 aromatic heterocycles. The summed E-state index contributed by atoms with van der Waals surface area (Å²) in [6.45, 7) is 0.768. The summed E-state index contributed by atoms with van der Waals surface area (Å²) < 4.78 is 0. The Morgan fingerprint density at radius 2 is 2.17 bits per heavy atom. The van der Waals surface area contributed by atoms with E-state index >= 15 is 0 Å². The van der Waals surface area contributed by atoms with Gasteiger partial charge in [0.25, 0.3) is 0 Å². The van der Waals surface area contributed by atoms with E-state index in [1.54, 1.807) is 0 Å². The van der Waals surface area contributed by atoms with Gasteiger partial charge in [-0.25, -0.2) is 4.79 Å². The number of rotatable bonds is 1. The summed E-state index contributed by atoms with van der Waals surface area (Å²) in [6, 6.07) is 0. The molecule has 0 radical (unpaired) electrons. The Hall–Kier alpha value is -1.26. The molecule has 1 aliphatic rings. The molecule has 0 spiro atoms. The quantitative estimate of drug-likeness (QED) is 0.577. The Morgan fingerprint density at radius 3 is 2.67 bits per heavy atom. The second kappa shape index (κ2) is 3.42. The van der Waals surface area contributed by atoms with Crippen molar-refractivity contribution in [3.63, 3.8) is 0 Å². The molecule has 1 unspecified atom stereocenters. The second-order valence-corrected chi connectivity index (χ2v) is 2.97. The van der Waals surface area contributed by atoms with Crippen molar-refractivity contribution >= 4 is 12.0 Å². The van der Waals surface area contributed by atoms with Crippen LogP contribution in [0.4, 0.5) is 4.79 Å². The third kappa shape index (κ3) is 1.87. The second-order valence-electron chi connectivity index (χ2n) is 2.97. The van der Waals surface area contributed by atoms with Crippen LogP contribution in [0.2, 0.25) is 0 Å². The number of piperidine rings is 1. The lowest BCUT2D eigenvalue weighted by Crippen LogP contribution is -2.43. The molecule has 5 heteroatoms. The number of carbonyl (C=O) groups excluding carboxylic acids is 1. The van der Waals surface area contributed by atoms with E-state index in [2.05, 4.69) is 0 Å². The molecule has 1 aliphatic heterocycles. The molecule has 0 aromatic carbocycles. The highest BCUT2D eigenvalue weighted by Gasteiger charge is 2.26. The van der Waals surface area contributed by atoms with E-state index in [0.717, 1.165) is 6.42 Å². The van der Waals surface area contributed by atoms with E-state index in [0.29, 0.717) is 13.0 Å². The van der Waals surface area contributed by atoms with Gasteiger partial charge in [0.2, 0.25) is 5.91 Å².